The van der Waals surface area contributed by atoms with Crippen molar-refractivity contribution < 1.29 is 0 Å². The number of benzene rings is 2. The molecule has 0 fully saturated rings. The Morgan fingerprint density at radius 3 is 2.03 bits per heavy atom. The number of aromatic amines is 2. The van der Waals surface area contributed by atoms with E-state index in [1.165, 1.54) is 22.4 Å². The minimum Gasteiger partial charge on any atom is -0.346 e. The Balaban J connectivity index is 0.000000182. The van der Waals surface area contributed by atoms with E-state index in [1.54, 1.807) is 0 Å². The van der Waals surface area contributed by atoms with Crippen LogP contribution >= 0.6 is 11.6 Å². The molecule has 0 radical (unpaired) electrons. The Labute approximate surface area is 196 Å². The molecule has 5 heteroatoms. The fourth-order valence-corrected chi connectivity index (χ4v) is 3.90. The molecule has 4 nitrogen and oxygen atoms in total. The van der Waals surface area contributed by atoms with Crippen molar-refractivity contribution >= 4 is 11.6 Å². The van der Waals surface area contributed by atoms with E-state index >= 15 is 0 Å². The maximum Gasteiger partial charge on any atom is 0.106 e. The van der Waals surface area contributed by atoms with Gasteiger partial charge in [-0.2, -0.15) is 0 Å². The van der Waals surface area contributed by atoms with E-state index in [2.05, 4.69) is 65.8 Å². The van der Waals surface area contributed by atoms with Crippen LogP contribution in [0.25, 0.3) is 0 Å². The zero-order valence-electron chi connectivity index (χ0n) is 19.5. The average molecular weight is 449 g/mol. The summed E-state index contributed by atoms with van der Waals surface area (Å²) in [5.41, 5.74) is 7.59. The second-order valence-corrected chi connectivity index (χ2v) is 8.54. The van der Waals surface area contributed by atoms with Crippen molar-refractivity contribution in [3.63, 3.8) is 0 Å². The van der Waals surface area contributed by atoms with Crippen LogP contribution in [0, 0.1) is 13.8 Å². The Morgan fingerprint density at radius 1 is 0.781 bits per heavy atom. The molecule has 0 amide bonds. The van der Waals surface area contributed by atoms with Crippen LogP contribution < -0.4 is 0 Å². The minimum absolute atomic E-state index is 0.810. The van der Waals surface area contributed by atoms with Crippen molar-refractivity contribution in [2.75, 3.05) is 0 Å². The molecule has 2 N–H and O–H groups in total. The minimum atomic E-state index is 0.810. The summed E-state index contributed by atoms with van der Waals surface area (Å²) in [6, 6.07) is 14.3. The molecule has 0 aliphatic carbocycles. The molecule has 32 heavy (non-hydrogen) atoms. The first-order valence-corrected chi connectivity index (χ1v) is 11.7. The molecular weight excluding hydrogens is 416 g/mol. The van der Waals surface area contributed by atoms with Crippen LogP contribution in [0.5, 0.6) is 0 Å². The highest BCUT2D eigenvalue weighted by Gasteiger charge is 2.06. The molecule has 0 bridgehead atoms. The van der Waals surface area contributed by atoms with Crippen molar-refractivity contribution in [1.29, 1.82) is 0 Å². The van der Waals surface area contributed by atoms with Gasteiger partial charge in [-0.25, -0.2) is 9.97 Å². The number of hydrogen-bond acceptors (Lipinski definition) is 2. The maximum absolute atomic E-state index is 6.08. The topological polar surface area (TPSA) is 57.4 Å². The molecule has 2 aromatic carbocycles. The number of aryl methyl sites for hydroxylation is 4. The lowest BCUT2D eigenvalue weighted by Crippen LogP contribution is -1.96. The second-order valence-electron chi connectivity index (χ2n) is 8.13. The molecule has 0 unspecified atom stereocenters. The predicted molar refractivity (Wildman–Crippen MR) is 134 cm³/mol. The van der Waals surface area contributed by atoms with Gasteiger partial charge in [0, 0.05) is 54.5 Å². The van der Waals surface area contributed by atoms with Gasteiger partial charge in [0.05, 0.1) is 0 Å². The van der Waals surface area contributed by atoms with E-state index in [1.807, 2.05) is 36.7 Å². The van der Waals surface area contributed by atoms with E-state index < -0.39 is 0 Å². The Bertz CT molecular complexity index is 1110. The Morgan fingerprint density at radius 2 is 1.41 bits per heavy atom. The first kappa shape index (κ1) is 23.8. The zero-order chi connectivity index (χ0) is 22.9. The highest BCUT2D eigenvalue weighted by atomic mass is 35.5. The molecule has 2 heterocycles. The van der Waals surface area contributed by atoms with Crippen molar-refractivity contribution in [3.05, 3.63) is 105 Å². The molecule has 0 spiro atoms. The van der Waals surface area contributed by atoms with E-state index in [9.17, 15) is 0 Å². The van der Waals surface area contributed by atoms with Crippen LogP contribution in [0.2, 0.25) is 5.02 Å². The standard InChI is InChI=1S/C15H20N2.C12H13ClN2/c1-4-6-15-16-10-13(17-15)9-14-11(2)7-5-8-12(14)3;1-2-12-14-8-10(15-12)7-9-5-3-4-6-11(9)13/h5,7-8,10H,4,6,9H2,1-3H3,(H,16,17);3-6,8H,2,7H2,1H3,(H,14,15). The summed E-state index contributed by atoms with van der Waals surface area (Å²) in [4.78, 5) is 15.3. The van der Waals surface area contributed by atoms with Crippen LogP contribution in [0.15, 0.2) is 54.9 Å². The summed E-state index contributed by atoms with van der Waals surface area (Å²) >= 11 is 6.08. The van der Waals surface area contributed by atoms with Gasteiger partial charge in [0.1, 0.15) is 11.6 Å². The smallest absolute Gasteiger partial charge is 0.106 e. The highest BCUT2D eigenvalue weighted by Crippen LogP contribution is 2.18. The number of nitrogens with one attached hydrogen (secondary N) is 2. The highest BCUT2D eigenvalue weighted by molar-refractivity contribution is 6.31. The molecule has 0 atom stereocenters. The number of rotatable bonds is 7. The van der Waals surface area contributed by atoms with Crippen LogP contribution in [-0.2, 0) is 25.7 Å². The largest absolute Gasteiger partial charge is 0.346 e. The van der Waals surface area contributed by atoms with Crippen molar-refractivity contribution in [3.8, 4) is 0 Å². The van der Waals surface area contributed by atoms with Gasteiger partial charge < -0.3 is 9.97 Å². The van der Waals surface area contributed by atoms with Crippen LogP contribution in [0.4, 0.5) is 0 Å². The molecule has 2 aromatic heterocycles. The summed E-state index contributed by atoms with van der Waals surface area (Å²) in [6.07, 6.45) is 8.71. The summed E-state index contributed by atoms with van der Waals surface area (Å²) in [5, 5.41) is 0.810. The first-order valence-electron chi connectivity index (χ1n) is 11.3. The lowest BCUT2D eigenvalue weighted by molar-refractivity contribution is 0.851. The number of imidazole rings is 2. The maximum atomic E-state index is 6.08. The normalized spacial score (nSPS) is 10.7. The predicted octanol–water partition coefficient (Wildman–Crippen LogP) is 6.79. The first-order chi connectivity index (χ1) is 15.5. The van der Waals surface area contributed by atoms with Crippen LogP contribution in [-0.4, -0.2) is 19.9 Å². The van der Waals surface area contributed by atoms with Gasteiger partial charge in [-0.05, 0) is 48.6 Å². The molecule has 168 valence electrons. The third-order valence-electron chi connectivity index (χ3n) is 5.53. The van der Waals surface area contributed by atoms with Crippen LogP contribution in [0.3, 0.4) is 0 Å². The Kier molecular flexibility index (Phi) is 8.69. The van der Waals surface area contributed by atoms with E-state index in [4.69, 9.17) is 11.6 Å². The van der Waals surface area contributed by atoms with Gasteiger partial charge in [-0.15, -0.1) is 0 Å². The third kappa shape index (κ3) is 6.57. The lowest BCUT2D eigenvalue weighted by Gasteiger charge is -2.07. The van der Waals surface area contributed by atoms with Gasteiger partial charge in [0.2, 0.25) is 0 Å². The van der Waals surface area contributed by atoms with Gasteiger partial charge in [-0.1, -0.05) is 61.8 Å². The molecule has 0 saturated carbocycles. The molecule has 4 aromatic rings. The molecule has 0 aliphatic heterocycles. The number of halogens is 1. The van der Waals surface area contributed by atoms with Gasteiger partial charge in [0.15, 0.2) is 0 Å². The van der Waals surface area contributed by atoms with Gasteiger partial charge in [0.25, 0.3) is 0 Å². The van der Waals surface area contributed by atoms with E-state index in [-0.39, 0.29) is 0 Å². The van der Waals surface area contributed by atoms with Crippen molar-refractivity contribution in [2.24, 2.45) is 0 Å². The van der Waals surface area contributed by atoms with Gasteiger partial charge >= 0.3 is 0 Å². The lowest BCUT2D eigenvalue weighted by atomic mass is 9.99. The van der Waals surface area contributed by atoms with Crippen molar-refractivity contribution in [2.45, 2.75) is 59.8 Å². The summed E-state index contributed by atoms with van der Waals surface area (Å²) in [6.45, 7) is 8.60. The average Bonchev–Trinajstić information content (AvgIpc) is 3.43. The molecular formula is C27H33ClN4. The number of nitrogens with zero attached hydrogens (tertiary/aromatic N) is 2. The quantitative estimate of drug-likeness (QED) is 0.327. The summed E-state index contributed by atoms with van der Waals surface area (Å²) in [5.74, 6) is 2.13. The van der Waals surface area contributed by atoms with E-state index in [0.717, 1.165) is 60.0 Å². The number of hydrogen-bond donors (Lipinski definition) is 2. The Hall–Kier alpha value is -2.85. The fourth-order valence-electron chi connectivity index (χ4n) is 3.70. The van der Waals surface area contributed by atoms with Crippen molar-refractivity contribution in [1.82, 2.24) is 19.9 Å². The molecule has 0 aliphatic rings. The van der Waals surface area contributed by atoms with Crippen LogP contribution in [0.1, 0.15) is 65.6 Å². The fraction of sp³-hybridized carbons (Fsp3) is 0.333. The third-order valence-corrected chi connectivity index (χ3v) is 5.90. The number of aromatic nitrogens is 4. The summed E-state index contributed by atoms with van der Waals surface area (Å²) < 4.78 is 0. The summed E-state index contributed by atoms with van der Waals surface area (Å²) in [7, 11) is 0. The zero-order valence-corrected chi connectivity index (χ0v) is 20.3. The SMILES string of the molecule is CCCc1ncc(Cc2c(C)cccc2C)[nH]1.CCc1ncc(Cc2ccccc2Cl)[nH]1. The second kappa shape index (κ2) is 11.7. The van der Waals surface area contributed by atoms with Gasteiger partial charge in [-0.3, -0.25) is 0 Å². The monoisotopic (exact) mass is 448 g/mol. The molecule has 0 saturated heterocycles. The molecule has 4 rings (SSSR count). The van der Waals surface area contributed by atoms with E-state index in [0.29, 0.717) is 0 Å². The number of H-pyrrole nitrogens is 2.